The summed E-state index contributed by atoms with van der Waals surface area (Å²) in [6, 6.07) is 14.7. The fraction of sp³-hybridized carbons (Fsp3) is 0.286. The fourth-order valence-electron chi connectivity index (χ4n) is 3.60. The molecule has 1 atom stereocenters. The highest BCUT2D eigenvalue weighted by Crippen LogP contribution is 2.26. The van der Waals surface area contributed by atoms with Crippen molar-refractivity contribution in [2.45, 2.75) is 25.9 Å². The van der Waals surface area contributed by atoms with Crippen molar-refractivity contribution in [3.8, 4) is 0 Å². The van der Waals surface area contributed by atoms with E-state index in [1.807, 2.05) is 18.2 Å². The van der Waals surface area contributed by atoms with E-state index in [1.165, 1.54) is 17.7 Å². The highest BCUT2D eigenvalue weighted by Gasteiger charge is 2.26. The van der Waals surface area contributed by atoms with E-state index in [2.05, 4.69) is 22.3 Å². The second-order valence-corrected chi connectivity index (χ2v) is 6.88. The van der Waals surface area contributed by atoms with Crippen LogP contribution >= 0.6 is 0 Å². The van der Waals surface area contributed by atoms with Gasteiger partial charge >= 0.3 is 0 Å². The van der Waals surface area contributed by atoms with Crippen molar-refractivity contribution in [3.05, 3.63) is 71.2 Å². The number of hydrogen-bond donors (Lipinski definition) is 1. The minimum absolute atomic E-state index is 0.0931. The number of furan rings is 1. The van der Waals surface area contributed by atoms with Gasteiger partial charge in [0.2, 0.25) is 0 Å². The van der Waals surface area contributed by atoms with E-state index < -0.39 is 0 Å². The molecule has 1 amide bonds. The highest BCUT2D eigenvalue weighted by atomic mass is 19.1. The fourth-order valence-corrected chi connectivity index (χ4v) is 3.60. The van der Waals surface area contributed by atoms with Crippen molar-refractivity contribution in [2.75, 3.05) is 13.1 Å². The van der Waals surface area contributed by atoms with Crippen molar-refractivity contribution in [1.82, 2.24) is 10.2 Å². The van der Waals surface area contributed by atoms with Gasteiger partial charge in [-0.3, -0.25) is 9.69 Å². The SMILES string of the molecule is Cc1c(C(=O)NC2CCN(Cc3ccccc3)C2)oc2ccc(F)cc12. The third-order valence-electron chi connectivity index (χ3n) is 4.96. The van der Waals surface area contributed by atoms with Gasteiger partial charge in [0.05, 0.1) is 0 Å². The van der Waals surface area contributed by atoms with Gasteiger partial charge in [0.1, 0.15) is 11.4 Å². The molecular weight excluding hydrogens is 331 g/mol. The summed E-state index contributed by atoms with van der Waals surface area (Å²) < 4.78 is 19.1. The Hall–Kier alpha value is -2.66. The van der Waals surface area contributed by atoms with E-state index in [1.54, 1.807) is 13.0 Å². The normalized spacial score (nSPS) is 17.7. The molecule has 1 aliphatic heterocycles. The molecule has 0 spiro atoms. The molecule has 2 heterocycles. The van der Waals surface area contributed by atoms with Crippen LogP contribution in [-0.4, -0.2) is 29.9 Å². The number of fused-ring (bicyclic) bond motifs is 1. The minimum atomic E-state index is -0.333. The number of amides is 1. The average molecular weight is 352 g/mol. The second kappa shape index (κ2) is 6.92. The van der Waals surface area contributed by atoms with Gasteiger partial charge in [-0.2, -0.15) is 0 Å². The summed E-state index contributed by atoms with van der Waals surface area (Å²) in [5, 5.41) is 3.70. The van der Waals surface area contributed by atoms with Crippen LogP contribution in [0.15, 0.2) is 52.9 Å². The van der Waals surface area contributed by atoms with E-state index in [0.717, 1.165) is 26.1 Å². The summed E-state index contributed by atoms with van der Waals surface area (Å²) in [4.78, 5) is 15.0. The number of likely N-dealkylation sites (tertiary alicyclic amines) is 1. The minimum Gasteiger partial charge on any atom is -0.451 e. The molecule has 26 heavy (non-hydrogen) atoms. The number of aryl methyl sites for hydroxylation is 1. The lowest BCUT2D eigenvalue weighted by molar-refractivity contribution is 0.0911. The molecule has 0 aliphatic carbocycles. The predicted octanol–water partition coefficient (Wildman–Crippen LogP) is 3.88. The molecule has 1 unspecified atom stereocenters. The lowest BCUT2D eigenvalue weighted by Gasteiger charge is -2.16. The standard InChI is InChI=1S/C21H21FN2O2/c1-14-18-11-16(22)7-8-19(18)26-20(14)21(25)23-17-9-10-24(13-17)12-15-5-3-2-4-6-15/h2-8,11,17H,9-10,12-13H2,1H3,(H,23,25). The molecule has 1 saturated heterocycles. The second-order valence-electron chi connectivity index (χ2n) is 6.88. The highest BCUT2D eigenvalue weighted by molar-refractivity contribution is 5.99. The zero-order valence-electron chi connectivity index (χ0n) is 14.7. The van der Waals surface area contributed by atoms with E-state index >= 15 is 0 Å². The Morgan fingerprint density at radius 2 is 2.08 bits per heavy atom. The Balaban J connectivity index is 1.42. The van der Waals surface area contributed by atoms with Crippen molar-refractivity contribution in [2.24, 2.45) is 0 Å². The first kappa shape index (κ1) is 16.8. The van der Waals surface area contributed by atoms with Crippen LogP contribution in [-0.2, 0) is 6.54 Å². The largest absolute Gasteiger partial charge is 0.451 e. The van der Waals surface area contributed by atoms with Gasteiger partial charge in [-0.25, -0.2) is 4.39 Å². The summed E-state index contributed by atoms with van der Waals surface area (Å²) >= 11 is 0. The van der Waals surface area contributed by atoms with Gasteiger partial charge in [-0.05, 0) is 37.1 Å². The lowest BCUT2D eigenvalue weighted by atomic mass is 10.1. The number of benzene rings is 2. The quantitative estimate of drug-likeness (QED) is 0.775. The van der Waals surface area contributed by atoms with Crippen molar-refractivity contribution in [1.29, 1.82) is 0 Å². The first-order valence-electron chi connectivity index (χ1n) is 8.86. The molecule has 1 N–H and O–H groups in total. The van der Waals surface area contributed by atoms with E-state index in [4.69, 9.17) is 4.42 Å². The third-order valence-corrected chi connectivity index (χ3v) is 4.96. The number of carbonyl (C=O) groups is 1. The summed E-state index contributed by atoms with van der Waals surface area (Å²) in [6.07, 6.45) is 0.909. The van der Waals surface area contributed by atoms with Gasteiger partial charge in [-0.15, -0.1) is 0 Å². The maximum atomic E-state index is 13.4. The lowest BCUT2D eigenvalue weighted by Crippen LogP contribution is -2.37. The van der Waals surface area contributed by atoms with Crippen LogP contribution in [0.4, 0.5) is 4.39 Å². The number of rotatable bonds is 4. The Bertz CT molecular complexity index is 936. The first-order chi connectivity index (χ1) is 12.6. The summed E-state index contributed by atoms with van der Waals surface area (Å²) in [5.41, 5.74) is 2.48. The van der Waals surface area contributed by atoms with E-state index in [-0.39, 0.29) is 23.5 Å². The maximum Gasteiger partial charge on any atom is 0.287 e. The van der Waals surface area contributed by atoms with Crippen LogP contribution < -0.4 is 5.32 Å². The van der Waals surface area contributed by atoms with Crippen molar-refractivity contribution < 1.29 is 13.6 Å². The van der Waals surface area contributed by atoms with E-state index in [9.17, 15) is 9.18 Å². The van der Waals surface area contributed by atoms with Gasteiger partial charge in [-0.1, -0.05) is 30.3 Å². The van der Waals surface area contributed by atoms with Crippen LogP contribution in [0.25, 0.3) is 11.0 Å². The Labute approximate surface area is 151 Å². The van der Waals surface area contributed by atoms with E-state index in [0.29, 0.717) is 16.5 Å². The van der Waals surface area contributed by atoms with Crippen LogP contribution in [0, 0.1) is 12.7 Å². The molecule has 3 aromatic rings. The predicted molar refractivity (Wildman–Crippen MR) is 98.5 cm³/mol. The molecule has 1 aromatic heterocycles. The molecule has 0 bridgehead atoms. The molecule has 4 rings (SSSR count). The van der Waals surface area contributed by atoms with Gasteiger partial charge in [0.15, 0.2) is 5.76 Å². The maximum absolute atomic E-state index is 13.4. The summed E-state index contributed by atoms with van der Waals surface area (Å²) in [6.45, 7) is 4.44. The number of nitrogens with one attached hydrogen (secondary N) is 1. The monoisotopic (exact) mass is 352 g/mol. The molecular formula is C21H21FN2O2. The number of carbonyl (C=O) groups excluding carboxylic acids is 1. The summed E-state index contributed by atoms with van der Waals surface area (Å²) in [7, 11) is 0. The van der Waals surface area contributed by atoms with Crippen molar-refractivity contribution >= 4 is 16.9 Å². The van der Waals surface area contributed by atoms with Crippen LogP contribution in [0.1, 0.15) is 28.1 Å². The average Bonchev–Trinajstić information content (AvgIpc) is 3.20. The molecule has 4 nitrogen and oxygen atoms in total. The molecule has 134 valence electrons. The Morgan fingerprint density at radius 1 is 1.27 bits per heavy atom. The van der Waals surface area contributed by atoms with Gasteiger partial charge in [0.25, 0.3) is 5.91 Å². The van der Waals surface area contributed by atoms with Crippen LogP contribution in [0.3, 0.4) is 0 Å². The molecule has 2 aromatic carbocycles. The van der Waals surface area contributed by atoms with Gasteiger partial charge in [0, 0.05) is 36.6 Å². The van der Waals surface area contributed by atoms with Crippen molar-refractivity contribution in [3.63, 3.8) is 0 Å². The molecule has 0 radical (unpaired) electrons. The number of nitrogens with zero attached hydrogens (tertiary/aromatic N) is 1. The zero-order chi connectivity index (χ0) is 18.1. The molecule has 1 aliphatic rings. The van der Waals surface area contributed by atoms with Crippen LogP contribution in [0.5, 0.6) is 0 Å². The smallest absolute Gasteiger partial charge is 0.287 e. The first-order valence-corrected chi connectivity index (χ1v) is 8.86. The number of halogens is 1. The zero-order valence-corrected chi connectivity index (χ0v) is 14.7. The Morgan fingerprint density at radius 3 is 2.88 bits per heavy atom. The van der Waals surface area contributed by atoms with Crippen LogP contribution in [0.2, 0.25) is 0 Å². The third kappa shape index (κ3) is 3.35. The molecule has 5 heteroatoms. The molecule has 1 fully saturated rings. The number of hydrogen-bond acceptors (Lipinski definition) is 3. The van der Waals surface area contributed by atoms with Gasteiger partial charge < -0.3 is 9.73 Å². The topological polar surface area (TPSA) is 45.5 Å². The molecule has 0 saturated carbocycles. The summed E-state index contributed by atoms with van der Waals surface area (Å²) in [5.74, 6) is -0.293. The Kier molecular flexibility index (Phi) is 4.47.